The van der Waals surface area contributed by atoms with Crippen LogP contribution in [0.1, 0.15) is 44.1 Å². The third kappa shape index (κ3) is 3.79. The molecule has 2 saturated carbocycles. The molecule has 3 aromatic rings. The number of hydrogen-bond acceptors (Lipinski definition) is 4. The van der Waals surface area contributed by atoms with Gasteiger partial charge in [-0.3, -0.25) is 19.5 Å². The maximum absolute atomic E-state index is 13.4. The lowest BCUT2D eigenvalue weighted by atomic mass is 9.96. The fourth-order valence-electron chi connectivity index (χ4n) is 5.71. The maximum Gasteiger partial charge on any atom is 0.256 e. The summed E-state index contributed by atoms with van der Waals surface area (Å²) in [7, 11) is 0. The van der Waals surface area contributed by atoms with Crippen LogP contribution in [0.15, 0.2) is 58.9 Å². The van der Waals surface area contributed by atoms with E-state index in [1.54, 1.807) is 11.3 Å². The number of hydrogen-bond donors (Lipinski definition) is 0. The number of carbonyl (C=O) groups is 2. The van der Waals surface area contributed by atoms with Gasteiger partial charge in [0.1, 0.15) is 11.4 Å². The van der Waals surface area contributed by atoms with Gasteiger partial charge in [0.25, 0.3) is 5.91 Å². The van der Waals surface area contributed by atoms with Crippen LogP contribution in [0.25, 0.3) is 21.2 Å². The Morgan fingerprint density at radius 1 is 1.00 bits per heavy atom. The average molecular weight is 484 g/mol. The quantitative estimate of drug-likeness (QED) is 0.492. The summed E-state index contributed by atoms with van der Waals surface area (Å²) in [6.07, 6.45) is 5.86. The first-order chi connectivity index (χ1) is 17.1. The molecule has 6 heteroatoms. The van der Waals surface area contributed by atoms with Crippen molar-refractivity contribution >= 4 is 39.1 Å². The molecule has 178 valence electrons. The number of carbonyl (C=O) groups excluding carboxylic acids is 2. The minimum Gasteiger partial charge on any atom is -0.342 e. The molecule has 2 aromatic carbocycles. The topological polar surface area (TPSA) is 53.0 Å². The summed E-state index contributed by atoms with van der Waals surface area (Å²) in [6.45, 7) is 2.29. The summed E-state index contributed by atoms with van der Waals surface area (Å²) < 4.78 is 1.30. The number of aliphatic imine (C=N–C) groups is 1. The minimum absolute atomic E-state index is 0.158. The van der Waals surface area contributed by atoms with Crippen molar-refractivity contribution in [3.05, 3.63) is 59.5 Å². The molecule has 3 heterocycles. The van der Waals surface area contributed by atoms with Gasteiger partial charge in [-0.1, -0.05) is 30.3 Å². The van der Waals surface area contributed by atoms with E-state index in [-0.39, 0.29) is 11.8 Å². The molecule has 0 bridgehead atoms. The smallest absolute Gasteiger partial charge is 0.256 e. The molecule has 2 aliphatic carbocycles. The predicted octanol–water partition coefficient (Wildman–Crippen LogP) is 5.34. The number of nitrogens with zero attached hydrogens (tertiary/aromatic N) is 3. The highest BCUT2D eigenvalue weighted by Crippen LogP contribution is 2.46. The van der Waals surface area contributed by atoms with E-state index < -0.39 is 5.54 Å². The summed E-state index contributed by atoms with van der Waals surface area (Å²) in [4.78, 5) is 35.0. The molecule has 4 aliphatic rings. The van der Waals surface area contributed by atoms with Gasteiger partial charge in [-0.05, 0) is 84.5 Å². The first-order valence-corrected chi connectivity index (χ1v) is 13.8. The lowest BCUT2D eigenvalue weighted by molar-refractivity contribution is -0.134. The summed E-state index contributed by atoms with van der Waals surface area (Å²) in [5.41, 5.74) is 2.85. The van der Waals surface area contributed by atoms with Gasteiger partial charge < -0.3 is 4.90 Å². The normalized spacial score (nSPS) is 23.3. The van der Waals surface area contributed by atoms with Gasteiger partial charge in [0.05, 0.1) is 0 Å². The van der Waals surface area contributed by atoms with Gasteiger partial charge in [-0.2, -0.15) is 0 Å². The maximum atomic E-state index is 13.4. The second kappa shape index (κ2) is 8.02. The highest BCUT2D eigenvalue weighted by atomic mass is 32.1. The molecular formula is C29H29N3O2S. The molecule has 1 saturated heterocycles. The molecule has 1 aromatic heterocycles. The van der Waals surface area contributed by atoms with E-state index in [0.29, 0.717) is 18.4 Å². The largest absolute Gasteiger partial charge is 0.342 e. The molecule has 0 radical (unpaired) electrons. The third-order valence-electron chi connectivity index (χ3n) is 8.07. The molecule has 2 amide bonds. The number of benzene rings is 2. The minimum atomic E-state index is -0.518. The highest BCUT2D eigenvalue weighted by molar-refractivity contribution is 7.17. The monoisotopic (exact) mass is 483 g/mol. The Morgan fingerprint density at radius 3 is 2.54 bits per heavy atom. The lowest BCUT2D eigenvalue weighted by Crippen LogP contribution is -2.46. The standard InChI is InChI=1S/C29H29N3O2S/c33-27(22-7-8-22)31-14-1-2-19(17-31)18-32-26(30-29(12-13-29)28(32)34)21-5-3-20(4-6-21)23-9-10-25-24(16-23)11-15-35-25/h3-6,9-11,15-16,19,22H,1-2,7-8,12-14,17-18H2. The zero-order valence-corrected chi connectivity index (χ0v) is 20.6. The highest BCUT2D eigenvalue weighted by Gasteiger charge is 2.57. The zero-order chi connectivity index (χ0) is 23.6. The first-order valence-electron chi connectivity index (χ1n) is 12.9. The van der Waals surface area contributed by atoms with E-state index in [4.69, 9.17) is 4.99 Å². The number of amides is 2. The zero-order valence-electron chi connectivity index (χ0n) is 19.8. The summed E-state index contributed by atoms with van der Waals surface area (Å²) in [5.74, 6) is 1.87. The SMILES string of the molecule is O=C(C1CC1)N1CCCC(CN2C(=O)C3(CC3)N=C2c2ccc(-c3ccc4sccc4c3)cc2)C1. The van der Waals surface area contributed by atoms with Crippen molar-refractivity contribution in [2.45, 2.75) is 44.1 Å². The van der Waals surface area contributed by atoms with Crippen LogP contribution in [0, 0.1) is 11.8 Å². The van der Waals surface area contributed by atoms with E-state index in [1.807, 2.05) is 4.90 Å². The Labute approximate surface area is 209 Å². The fourth-order valence-corrected chi connectivity index (χ4v) is 6.48. The number of piperidine rings is 1. The third-order valence-corrected chi connectivity index (χ3v) is 8.97. The second-order valence-electron chi connectivity index (χ2n) is 10.7. The molecule has 2 aliphatic heterocycles. The Kier molecular flexibility index (Phi) is 4.88. The van der Waals surface area contributed by atoms with E-state index >= 15 is 0 Å². The number of thiophene rings is 1. The average Bonchev–Trinajstić information content (AvgIpc) is 3.81. The molecule has 1 spiro atoms. The van der Waals surface area contributed by atoms with E-state index in [1.165, 1.54) is 21.2 Å². The van der Waals surface area contributed by atoms with Crippen molar-refractivity contribution < 1.29 is 9.59 Å². The van der Waals surface area contributed by atoms with Crippen LogP contribution >= 0.6 is 11.3 Å². The number of amidine groups is 1. The Morgan fingerprint density at radius 2 is 1.77 bits per heavy atom. The van der Waals surface area contributed by atoms with Crippen molar-refractivity contribution in [3.63, 3.8) is 0 Å². The second-order valence-corrected chi connectivity index (χ2v) is 11.6. The molecule has 0 N–H and O–H groups in total. The summed E-state index contributed by atoms with van der Waals surface area (Å²) in [5, 5.41) is 3.40. The summed E-state index contributed by atoms with van der Waals surface area (Å²) >= 11 is 1.76. The molecule has 1 atom stereocenters. The van der Waals surface area contributed by atoms with Crippen molar-refractivity contribution in [3.8, 4) is 11.1 Å². The van der Waals surface area contributed by atoms with Crippen LogP contribution < -0.4 is 0 Å². The van der Waals surface area contributed by atoms with Gasteiger partial charge in [-0.15, -0.1) is 11.3 Å². The van der Waals surface area contributed by atoms with Crippen molar-refractivity contribution in [1.82, 2.24) is 9.80 Å². The van der Waals surface area contributed by atoms with Crippen LogP contribution in [0.4, 0.5) is 0 Å². The molecular weight excluding hydrogens is 454 g/mol. The lowest BCUT2D eigenvalue weighted by Gasteiger charge is -2.35. The predicted molar refractivity (Wildman–Crippen MR) is 140 cm³/mol. The van der Waals surface area contributed by atoms with Gasteiger partial charge >= 0.3 is 0 Å². The van der Waals surface area contributed by atoms with Crippen LogP contribution in [0.2, 0.25) is 0 Å². The van der Waals surface area contributed by atoms with E-state index in [2.05, 4.69) is 58.8 Å². The van der Waals surface area contributed by atoms with Crippen LogP contribution in [-0.4, -0.2) is 52.6 Å². The Balaban J connectivity index is 1.12. The number of fused-ring (bicyclic) bond motifs is 1. The molecule has 7 rings (SSSR count). The van der Waals surface area contributed by atoms with E-state index in [9.17, 15) is 9.59 Å². The van der Waals surface area contributed by atoms with Gasteiger partial charge in [0, 0.05) is 35.8 Å². The fraction of sp³-hybridized carbons (Fsp3) is 0.414. The summed E-state index contributed by atoms with van der Waals surface area (Å²) in [6, 6.07) is 17.3. The van der Waals surface area contributed by atoms with Crippen molar-refractivity contribution in [2.75, 3.05) is 19.6 Å². The van der Waals surface area contributed by atoms with E-state index in [0.717, 1.165) is 63.0 Å². The number of rotatable bonds is 5. The molecule has 1 unspecified atom stereocenters. The first kappa shape index (κ1) is 21.3. The number of likely N-dealkylation sites (tertiary alicyclic amines) is 1. The van der Waals surface area contributed by atoms with Crippen molar-refractivity contribution in [2.24, 2.45) is 16.8 Å². The Bertz CT molecular complexity index is 1350. The molecule has 35 heavy (non-hydrogen) atoms. The van der Waals surface area contributed by atoms with Crippen LogP contribution in [0.5, 0.6) is 0 Å². The van der Waals surface area contributed by atoms with Crippen LogP contribution in [0.3, 0.4) is 0 Å². The van der Waals surface area contributed by atoms with Gasteiger partial charge in [0.15, 0.2) is 0 Å². The molecule has 5 nitrogen and oxygen atoms in total. The van der Waals surface area contributed by atoms with Crippen molar-refractivity contribution in [1.29, 1.82) is 0 Å². The van der Waals surface area contributed by atoms with Gasteiger partial charge in [0.2, 0.25) is 5.91 Å². The Hall–Kier alpha value is -2.99. The molecule has 3 fully saturated rings. The van der Waals surface area contributed by atoms with Gasteiger partial charge in [-0.25, -0.2) is 0 Å². The van der Waals surface area contributed by atoms with Crippen LogP contribution in [-0.2, 0) is 9.59 Å².